The quantitative estimate of drug-likeness (QED) is 0.549. The number of hydrogen-bond acceptors (Lipinski definition) is 3. The van der Waals surface area contributed by atoms with Gasteiger partial charge in [0.05, 0.1) is 7.11 Å². The van der Waals surface area contributed by atoms with Crippen LogP contribution in [0.2, 0.25) is 0 Å². The largest absolute Gasteiger partial charge is 0.497 e. The first-order valence-corrected chi connectivity index (χ1v) is 9.31. The van der Waals surface area contributed by atoms with Crippen LogP contribution in [0, 0.1) is 0 Å². The summed E-state index contributed by atoms with van der Waals surface area (Å²) in [4.78, 5) is 17.4. The number of aromatic nitrogens is 3. The smallest absolute Gasteiger partial charge is 0.252 e. The summed E-state index contributed by atoms with van der Waals surface area (Å²) in [5.74, 6) is 1.36. The van der Waals surface area contributed by atoms with Gasteiger partial charge in [-0.25, -0.2) is 4.98 Å². The summed E-state index contributed by atoms with van der Waals surface area (Å²) in [7, 11) is 3.54. The van der Waals surface area contributed by atoms with Crippen LogP contribution < -0.4 is 10.1 Å². The van der Waals surface area contributed by atoms with Gasteiger partial charge in [0.25, 0.3) is 5.91 Å². The SMILES string of the molecule is COc1ccc(C(NC(=O)c2ccc(-n3cccc3)cc2)c2nccn2C)cc1. The predicted molar refractivity (Wildman–Crippen MR) is 111 cm³/mol. The van der Waals surface area contributed by atoms with Crippen molar-refractivity contribution in [2.45, 2.75) is 6.04 Å². The molecule has 6 nitrogen and oxygen atoms in total. The van der Waals surface area contributed by atoms with Crippen LogP contribution in [0.15, 0.2) is 85.5 Å². The third kappa shape index (κ3) is 3.91. The number of imidazole rings is 1. The lowest BCUT2D eigenvalue weighted by atomic mass is 10.0. The summed E-state index contributed by atoms with van der Waals surface area (Å²) >= 11 is 0. The first kappa shape index (κ1) is 18.6. The lowest BCUT2D eigenvalue weighted by Gasteiger charge is -2.19. The van der Waals surface area contributed by atoms with E-state index in [9.17, 15) is 4.79 Å². The normalized spacial score (nSPS) is 11.8. The van der Waals surface area contributed by atoms with Gasteiger partial charge >= 0.3 is 0 Å². The summed E-state index contributed by atoms with van der Waals surface area (Å²) in [5.41, 5.74) is 2.52. The number of amides is 1. The molecule has 1 N–H and O–H groups in total. The van der Waals surface area contributed by atoms with E-state index >= 15 is 0 Å². The standard InChI is InChI=1S/C23H22N4O2/c1-26-16-13-24-22(26)21(17-7-11-20(29-2)12-8-17)25-23(28)18-5-9-19(10-6-18)27-14-3-4-15-27/h3-16,21H,1-2H3,(H,25,28). The molecule has 0 aliphatic carbocycles. The second kappa shape index (κ2) is 8.06. The zero-order valence-electron chi connectivity index (χ0n) is 16.3. The van der Waals surface area contributed by atoms with Crippen molar-refractivity contribution < 1.29 is 9.53 Å². The van der Waals surface area contributed by atoms with Crippen molar-refractivity contribution in [2.75, 3.05) is 7.11 Å². The van der Waals surface area contributed by atoms with Crippen molar-refractivity contribution in [3.8, 4) is 11.4 Å². The van der Waals surface area contributed by atoms with Crippen LogP contribution in [0.4, 0.5) is 0 Å². The van der Waals surface area contributed by atoms with Gasteiger partial charge in [0.2, 0.25) is 0 Å². The molecule has 1 unspecified atom stereocenters. The molecule has 1 atom stereocenters. The molecule has 0 bridgehead atoms. The Bertz CT molecular complexity index is 1080. The van der Waals surface area contributed by atoms with Gasteiger partial charge in [-0.3, -0.25) is 4.79 Å². The maximum absolute atomic E-state index is 13.0. The number of hydrogen-bond donors (Lipinski definition) is 1. The number of rotatable bonds is 6. The Kier molecular flexibility index (Phi) is 5.16. The van der Waals surface area contributed by atoms with Crippen molar-refractivity contribution in [2.24, 2.45) is 7.05 Å². The molecule has 0 aliphatic heterocycles. The summed E-state index contributed by atoms with van der Waals surface area (Å²) in [6, 6.07) is 18.7. The van der Waals surface area contributed by atoms with Crippen LogP contribution in [0.1, 0.15) is 27.8 Å². The number of methoxy groups -OCH3 is 1. The van der Waals surface area contributed by atoms with Gasteiger partial charge in [0.1, 0.15) is 17.6 Å². The number of nitrogens with one attached hydrogen (secondary N) is 1. The maximum atomic E-state index is 13.0. The Hall–Kier alpha value is -3.80. The molecule has 2 aromatic carbocycles. The van der Waals surface area contributed by atoms with E-state index in [1.165, 1.54) is 0 Å². The highest BCUT2D eigenvalue weighted by atomic mass is 16.5. The molecule has 0 saturated carbocycles. The summed E-state index contributed by atoms with van der Waals surface area (Å²) < 4.78 is 9.15. The number of ether oxygens (including phenoxy) is 1. The lowest BCUT2D eigenvalue weighted by Crippen LogP contribution is -2.31. The molecule has 2 aromatic heterocycles. The average Bonchev–Trinajstić information content (AvgIpc) is 3.44. The Labute approximate surface area is 169 Å². The molecule has 29 heavy (non-hydrogen) atoms. The van der Waals surface area contributed by atoms with Crippen molar-refractivity contribution in [1.29, 1.82) is 0 Å². The second-order valence-electron chi connectivity index (χ2n) is 6.71. The molecule has 0 radical (unpaired) electrons. The van der Waals surface area contributed by atoms with Gasteiger partial charge in [-0.1, -0.05) is 12.1 Å². The molecule has 4 aromatic rings. The van der Waals surface area contributed by atoms with E-state index in [1.54, 1.807) is 13.3 Å². The number of carbonyl (C=O) groups is 1. The Morgan fingerprint density at radius 1 is 1.00 bits per heavy atom. The van der Waals surface area contributed by atoms with E-state index in [1.807, 2.05) is 95.4 Å². The van der Waals surface area contributed by atoms with E-state index in [0.717, 1.165) is 22.8 Å². The molecule has 146 valence electrons. The fourth-order valence-electron chi connectivity index (χ4n) is 3.25. The molecule has 0 fully saturated rings. The average molecular weight is 386 g/mol. The van der Waals surface area contributed by atoms with Crippen LogP contribution in [-0.4, -0.2) is 27.1 Å². The van der Waals surface area contributed by atoms with E-state index in [-0.39, 0.29) is 11.9 Å². The molecule has 0 aliphatic rings. The van der Waals surface area contributed by atoms with E-state index in [4.69, 9.17) is 4.74 Å². The fraction of sp³-hybridized carbons (Fsp3) is 0.130. The van der Waals surface area contributed by atoms with Gasteiger partial charge in [-0.15, -0.1) is 0 Å². The Balaban J connectivity index is 1.60. The van der Waals surface area contributed by atoms with Crippen molar-refractivity contribution in [1.82, 2.24) is 19.4 Å². The van der Waals surface area contributed by atoms with Crippen LogP contribution in [0.25, 0.3) is 5.69 Å². The zero-order chi connectivity index (χ0) is 20.2. The fourth-order valence-corrected chi connectivity index (χ4v) is 3.25. The van der Waals surface area contributed by atoms with Gasteiger partial charge in [0.15, 0.2) is 0 Å². The van der Waals surface area contributed by atoms with Crippen LogP contribution in [-0.2, 0) is 7.05 Å². The molecule has 6 heteroatoms. The van der Waals surface area contributed by atoms with E-state index in [0.29, 0.717) is 5.56 Å². The van der Waals surface area contributed by atoms with Crippen LogP contribution >= 0.6 is 0 Å². The molecular formula is C23H22N4O2. The molecular weight excluding hydrogens is 364 g/mol. The van der Waals surface area contributed by atoms with Gasteiger partial charge in [-0.2, -0.15) is 0 Å². The highest BCUT2D eigenvalue weighted by Crippen LogP contribution is 2.23. The van der Waals surface area contributed by atoms with Gasteiger partial charge < -0.3 is 19.2 Å². The zero-order valence-corrected chi connectivity index (χ0v) is 16.3. The van der Waals surface area contributed by atoms with Gasteiger partial charge in [0, 0.05) is 43.1 Å². The first-order valence-electron chi connectivity index (χ1n) is 9.31. The maximum Gasteiger partial charge on any atom is 0.252 e. The van der Waals surface area contributed by atoms with Gasteiger partial charge in [-0.05, 0) is 54.1 Å². The van der Waals surface area contributed by atoms with Crippen molar-refractivity contribution >= 4 is 5.91 Å². The monoisotopic (exact) mass is 386 g/mol. The second-order valence-corrected chi connectivity index (χ2v) is 6.71. The van der Waals surface area contributed by atoms with Crippen LogP contribution in [0.3, 0.4) is 0 Å². The Morgan fingerprint density at radius 2 is 1.69 bits per heavy atom. The van der Waals surface area contributed by atoms with Crippen molar-refractivity contribution in [3.05, 3.63) is 102 Å². The minimum Gasteiger partial charge on any atom is -0.497 e. The third-order valence-electron chi connectivity index (χ3n) is 4.87. The lowest BCUT2D eigenvalue weighted by molar-refractivity contribution is 0.0941. The molecule has 4 rings (SSSR count). The first-order chi connectivity index (χ1) is 14.2. The number of carbonyl (C=O) groups excluding carboxylic acids is 1. The van der Waals surface area contributed by atoms with Crippen LogP contribution in [0.5, 0.6) is 5.75 Å². The van der Waals surface area contributed by atoms with E-state index in [2.05, 4.69) is 10.3 Å². The third-order valence-corrected chi connectivity index (χ3v) is 4.87. The topological polar surface area (TPSA) is 61.1 Å². The molecule has 2 heterocycles. The molecule has 0 saturated heterocycles. The minimum absolute atomic E-state index is 0.159. The Morgan fingerprint density at radius 3 is 2.28 bits per heavy atom. The highest BCUT2D eigenvalue weighted by Gasteiger charge is 2.21. The van der Waals surface area contributed by atoms with E-state index < -0.39 is 0 Å². The number of nitrogens with zero attached hydrogens (tertiary/aromatic N) is 3. The molecule has 0 spiro atoms. The summed E-state index contributed by atoms with van der Waals surface area (Å²) in [5, 5.41) is 3.11. The van der Waals surface area contributed by atoms with Crippen molar-refractivity contribution in [3.63, 3.8) is 0 Å². The minimum atomic E-state index is -0.377. The summed E-state index contributed by atoms with van der Waals surface area (Å²) in [6.07, 6.45) is 7.53. The summed E-state index contributed by atoms with van der Waals surface area (Å²) in [6.45, 7) is 0. The highest BCUT2D eigenvalue weighted by molar-refractivity contribution is 5.94. The predicted octanol–water partition coefficient (Wildman–Crippen LogP) is 3.74. The number of benzene rings is 2. The number of aryl methyl sites for hydroxylation is 1. The molecule has 1 amide bonds.